The van der Waals surface area contributed by atoms with Crippen LogP contribution in [-0.2, 0) is 6.54 Å². The third-order valence-corrected chi connectivity index (χ3v) is 8.36. The molecule has 0 bridgehead atoms. The van der Waals surface area contributed by atoms with E-state index in [9.17, 15) is 0 Å². The number of rotatable bonds is 7. The first-order valence-corrected chi connectivity index (χ1v) is 14.1. The van der Waals surface area contributed by atoms with Gasteiger partial charge in [0.05, 0.1) is 40.5 Å². The Kier molecular flexibility index (Phi) is 6.46. The molecule has 6 heterocycles. The molecule has 0 unspecified atom stereocenters. The second-order valence-electron chi connectivity index (χ2n) is 11.1. The third-order valence-electron chi connectivity index (χ3n) is 8.36. The van der Waals surface area contributed by atoms with Gasteiger partial charge in [-0.05, 0) is 62.2 Å². The van der Waals surface area contributed by atoms with Gasteiger partial charge < -0.3 is 20.1 Å². The van der Waals surface area contributed by atoms with E-state index in [1.165, 1.54) is 42.3 Å². The van der Waals surface area contributed by atoms with Gasteiger partial charge in [-0.3, -0.25) is 15.1 Å². The number of hydrogen-bond acceptors (Lipinski definition) is 7. The second-order valence-corrected chi connectivity index (χ2v) is 11.1. The summed E-state index contributed by atoms with van der Waals surface area (Å²) in [5.41, 5.74) is 8.77. The van der Waals surface area contributed by atoms with Gasteiger partial charge in [0.2, 0.25) is 0 Å². The monoisotopic (exact) mass is 521 g/mol. The van der Waals surface area contributed by atoms with E-state index in [0.717, 1.165) is 84.4 Å². The minimum absolute atomic E-state index is 0.815. The Labute approximate surface area is 228 Å². The maximum Gasteiger partial charge on any atom is 0.135 e. The van der Waals surface area contributed by atoms with Gasteiger partial charge in [0, 0.05) is 56.1 Å². The summed E-state index contributed by atoms with van der Waals surface area (Å²) in [5, 5.41) is 12.6. The van der Waals surface area contributed by atoms with Gasteiger partial charge in [-0.2, -0.15) is 5.10 Å². The van der Waals surface area contributed by atoms with Gasteiger partial charge in [-0.1, -0.05) is 12.8 Å². The quantitative estimate of drug-likeness (QED) is 0.288. The number of piperazine rings is 1. The Hall–Kier alpha value is -3.82. The van der Waals surface area contributed by atoms with Crippen molar-refractivity contribution in [1.82, 2.24) is 40.3 Å². The van der Waals surface area contributed by atoms with Crippen LogP contribution in [0.15, 0.2) is 49.1 Å². The molecule has 0 atom stereocenters. The average molecular weight is 522 g/mol. The van der Waals surface area contributed by atoms with E-state index in [1.807, 2.05) is 30.9 Å². The Bertz CT molecular complexity index is 1590. The van der Waals surface area contributed by atoms with Crippen LogP contribution in [-0.4, -0.2) is 74.8 Å². The fraction of sp³-hybridized carbons (Fsp3) is 0.400. The summed E-state index contributed by atoms with van der Waals surface area (Å²) in [6.45, 7) is 6.02. The number of fused-ring (bicyclic) bond motifs is 2. The molecule has 39 heavy (non-hydrogen) atoms. The van der Waals surface area contributed by atoms with Crippen molar-refractivity contribution in [2.45, 2.75) is 32.2 Å². The second kappa shape index (κ2) is 10.4. The van der Waals surface area contributed by atoms with E-state index in [2.05, 4.69) is 65.5 Å². The van der Waals surface area contributed by atoms with Gasteiger partial charge in [0.1, 0.15) is 11.2 Å². The summed E-state index contributed by atoms with van der Waals surface area (Å²) in [6.07, 6.45) is 13.2. The van der Waals surface area contributed by atoms with Crippen molar-refractivity contribution in [2.75, 3.05) is 44.7 Å². The number of nitrogens with zero attached hydrogens (tertiary/aromatic N) is 6. The molecule has 5 aromatic heterocycles. The average Bonchev–Trinajstić information content (AvgIpc) is 3.73. The molecule has 0 amide bonds. The van der Waals surface area contributed by atoms with Crippen molar-refractivity contribution in [3.8, 4) is 22.6 Å². The van der Waals surface area contributed by atoms with Crippen LogP contribution < -0.4 is 10.2 Å². The van der Waals surface area contributed by atoms with Gasteiger partial charge in [-0.25, -0.2) is 4.98 Å². The molecule has 200 valence electrons. The molecule has 3 N–H and O–H groups in total. The van der Waals surface area contributed by atoms with Crippen LogP contribution >= 0.6 is 0 Å². The fourth-order valence-electron chi connectivity index (χ4n) is 6.07. The Morgan fingerprint density at radius 2 is 1.79 bits per heavy atom. The summed E-state index contributed by atoms with van der Waals surface area (Å²) in [7, 11) is 2.18. The maximum absolute atomic E-state index is 5.05. The molecule has 1 saturated carbocycles. The molecule has 2 fully saturated rings. The van der Waals surface area contributed by atoms with Crippen LogP contribution in [0.5, 0.6) is 0 Å². The number of H-pyrrole nitrogens is 2. The lowest BCUT2D eigenvalue weighted by Crippen LogP contribution is -2.44. The SMILES string of the molecule is CN1CCN(c2cncc3[nH]c(-c4n[nH]c5ccc(-c6cncc(CNCC7CCCC7)c6)nc45)cc23)CC1. The highest BCUT2D eigenvalue weighted by atomic mass is 15.3. The van der Waals surface area contributed by atoms with Crippen molar-refractivity contribution in [2.24, 2.45) is 5.92 Å². The fourth-order valence-corrected chi connectivity index (χ4v) is 6.07. The van der Waals surface area contributed by atoms with E-state index in [1.54, 1.807) is 0 Å². The number of anilines is 1. The number of nitrogens with one attached hydrogen (secondary N) is 3. The summed E-state index contributed by atoms with van der Waals surface area (Å²) in [5.74, 6) is 0.822. The standard InChI is InChI=1S/C30H35N9/c1-38-8-10-39(11-9-38)28-19-33-18-27-23(28)13-26(34-27)30-29-25(36-37-30)7-6-24(35-29)22-12-21(16-32-17-22)15-31-14-20-4-2-3-5-20/h6-7,12-13,16-20,31,34H,2-5,8-11,14-15H2,1H3,(H,36,37). The van der Waals surface area contributed by atoms with E-state index >= 15 is 0 Å². The first-order chi connectivity index (χ1) is 19.2. The third kappa shape index (κ3) is 4.88. The lowest BCUT2D eigenvalue weighted by molar-refractivity contribution is 0.313. The van der Waals surface area contributed by atoms with Crippen molar-refractivity contribution < 1.29 is 0 Å². The van der Waals surface area contributed by atoms with Gasteiger partial charge in [0.25, 0.3) is 0 Å². The van der Waals surface area contributed by atoms with E-state index in [0.29, 0.717) is 0 Å². The number of aromatic nitrogens is 6. The van der Waals surface area contributed by atoms with Crippen molar-refractivity contribution in [3.63, 3.8) is 0 Å². The number of likely N-dealkylation sites (N-methyl/N-ethyl adjacent to an activating group) is 1. The Morgan fingerprint density at radius 3 is 2.67 bits per heavy atom. The van der Waals surface area contributed by atoms with Crippen LogP contribution in [0.4, 0.5) is 5.69 Å². The van der Waals surface area contributed by atoms with Gasteiger partial charge in [0.15, 0.2) is 0 Å². The first-order valence-electron chi connectivity index (χ1n) is 14.1. The van der Waals surface area contributed by atoms with E-state index in [-0.39, 0.29) is 0 Å². The Balaban J connectivity index is 1.17. The predicted molar refractivity (Wildman–Crippen MR) is 156 cm³/mol. The summed E-state index contributed by atoms with van der Waals surface area (Å²) < 4.78 is 0. The molecule has 1 saturated heterocycles. The molecule has 2 aliphatic rings. The highest BCUT2D eigenvalue weighted by Gasteiger charge is 2.20. The van der Waals surface area contributed by atoms with E-state index in [4.69, 9.17) is 4.98 Å². The molecule has 7 rings (SSSR count). The molecule has 0 spiro atoms. The molecular weight excluding hydrogens is 486 g/mol. The van der Waals surface area contributed by atoms with Crippen LogP contribution in [0.1, 0.15) is 31.2 Å². The molecule has 9 heteroatoms. The predicted octanol–water partition coefficient (Wildman–Crippen LogP) is 4.59. The highest BCUT2D eigenvalue weighted by Crippen LogP contribution is 2.33. The minimum Gasteiger partial charge on any atom is -0.367 e. The molecule has 1 aliphatic carbocycles. The summed E-state index contributed by atoms with van der Waals surface area (Å²) in [6, 6.07) is 8.48. The number of hydrogen-bond donors (Lipinski definition) is 3. The van der Waals surface area contributed by atoms with Crippen LogP contribution in [0.25, 0.3) is 44.6 Å². The van der Waals surface area contributed by atoms with Crippen LogP contribution in [0.3, 0.4) is 0 Å². The van der Waals surface area contributed by atoms with Crippen molar-refractivity contribution >= 4 is 27.6 Å². The molecular formula is C30H35N9. The zero-order valence-corrected chi connectivity index (χ0v) is 22.5. The lowest BCUT2D eigenvalue weighted by atomic mass is 10.1. The van der Waals surface area contributed by atoms with E-state index < -0.39 is 0 Å². The zero-order valence-electron chi connectivity index (χ0n) is 22.5. The van der Waals surface area contributed by atoms with Crippen LogP contribution in [0.2, 0.25) is 0 Å². The maximum atomic E-state index is 5.05. The number of aromatic amines is 2. The molecule has 5 aromatic rings. The van der Waals surface area contributed by atoms with Crippen molar-refractivity contribution in [3.05, 3.63) is 54.6 Å². The number of pyridine rings is 3. The topological polar surface area (TPSA) is 102 Å². The molecule has 1 aliphatic heterocycles. The first kappa shape index (κ1) is 24.2. The minimum atomic E-state index is 0.815. The largest absolute Gasteiger partial charge is 0.367 e. The van der Waals surface area contributed by atoms with Crippen LogP contribution in [0, 0.1) is 5.92 Å². The summed E-state index contributed by atoms with van der Waals surface area (Å²) in [4.78, 5) is 22.4. The zero-order chi connectivity index (χ0) is 26.2. The molecule has 0 radical (unpaired) electrons. The Morgan fingerprint density at radius 1 is 0.949 bits per heavy atom. The van der Waals surface area contributed by atoms with Crippen molar-refractivity contribution in [1.29, 1.82) is 0 Å². The normalized spacial score (nSPS) is 17.1. The molecule has 9 nitrogen and oxygen atoms in total. The summed E-state index contributed by atoms with van der Waals surface area (Å²) >= 11 is 0. The van der Waals surface area contributed by atoms with Gasteiger partial charge in [-0.15, -0.1) is 0 Å². The smallest absolute Gasteiger partial charge is 0.135 e. The lowest BCUT2D eigenvalue weighted by Gasteiger charge is -2.34. The highest BCUT2D eigenvalue weighted by molar-refractivity contribution is 5.98. The molecule has 0 aromatic carbocycles. The van der Waals surface area contributed by atoms with Gasteiger partial charge >= 0.3 is 0 Å².